The average molecular weight is 238 g/mol. The van der Waals surface area contributed by atoms with Gasteiger partial charge in [0.25, 0.3) is 0 Å². The van der Waals surface area contributed by atoms with Gasteiger partial charge < -0.3 is 5.32 Å². The molecule has 0 aliphatic heterocycles. The van der Waals surface area contributed by atoms with Crippen LogP contribution < -0.4 is 5.32 Å². The van der Waals surface area contributed by atoms with Crippen LogP contribution in [-0.4, -0.2) is 18.1 Å². The van der Waals surface area contributed by atoms with Gasteiger partial charge in [0.1, 0.15) is 0 Å². The normalized spacial score (nSPS) is 17.6. The molecule has 1 aromatic heterocycles. The molecule has 1 saturated carbocycles. The molecule has 3 heteroatoms. The van der Waals surface area contributed by atoms with E-state index in [1.165, 1.54) is 30.0 Å². The van der Waals surface area contributed by atoms with Gasteiger partial charge in [-0.05, 0) is 25.3 Å². The smallest absolute Gasteiger partial charge is 0.0941 e. The number of nitrogens with one attached hydrogen (secondary N) is 1. The molecule has 90 valence electrons. The van der Waals surface area contributed by atoms with E-state index in [9.17, 15) is 0 Å². The summed E-state index contributed by atoms with van der Waals surface area (Å²) in [5.74, 6) is 1.59. The van der Waals surface area contributed by atoms with E-state index in [0.717, 1.165) is 31.3 Å². The number of hydrogen-bond acceptors (Lipinski definition) is 3. The van der Waals surface area contributed by atoms with Crippen molar-refractivity contribution >= 4 is 11.3 Å². The Morgan fingerprint density at radius 1 is 1.56 bits per heavy atom. The van der Waals surface area contributed by atoms with Crippen LogP contribution >= 0.6 is 11.3 Å². The van der Waals surface area contributed by atoms with Crippen molar-refractivity contribution in [3.8, 4) is 0 Å². The van der Waals surface area contributed by atoms with Crippen LogP contribution in [0.5, 0.6) is 0 Å². The largest absolute Gasteiger partial charge is 0.316 e. The number of thiazole rings is 1. The molecular weight excluding hydrogens is 216 g/mol. The molecule has 0 bridgehead atoms. The molecule has 1 N–H and O–H groups in total. The molecule has 2 rings (SSSR count). The summed E-state index contributed by atoms with van der Waals surface area (Å²) in [6.07, 6.45) is 5.06. The lowest BCUT2D eigenvalue weighted by molar-refractivity contribution is 0.502. The Kier molecular flexibility index (Phi) is 4.36. The van der Waals surface area contributed by atoms with Crippen LogP contribution in [-0.2, 0) is 6.42 Å². The molecule has 1 unspecified atom stereocenters. The molecule has 1 heterocycles. The quantitative estimate of drug-likeness (QED) is 0.738. The Hall–Kier alpha value is -0.410. The fraction of sp³-hybridized carbons (Fsp3) is 0.769. The summed E-state index contributed by atoms with van der Waals surface area (Å²) in [6.45, 7) is 6.75. The number of hydrogen-bond donors (Lipinski definition) is 1. The number of nitrogens with zero attached hydrogens (tertiary/aromatic N) is 1. The molecule has 1 aliphatic carbocycles. The maximum Gasteiger partial charge on any atom is 0.0941 e. The van der Waals surface area contributed by atoms with Crippen molar-refractivity contribution in [2.75, 3.05) is 13.1 Å². The Morgan fingerprint density at radius 2 is 2.38 bits per heavy atom. The van der Waals surface area contributed by atoms with Crippen molar-refractivity contribution in [2.24, 2.45) is 5.92 Å². The Balaban J connectivity index is 1.64. The molecule has 2 nitrogen and oxygen atoms in total. The molecule has 1 fully saturated rings. The van der Waals surface area contributed by atoms with E-state index in [1.807, 2.05) is 11.3 Å². The molecular formula is C13H22N2S. The van der Waals surface area contributed by atoms with E-state index in [4.69, 9.17) is 0 Å². The zero-order valence-electron chi connectivity index (χ0n) is 10.3. The van der Waals surface area contributed by atoms with E-state index in [2.05, 4.69) is 29.5 Å². The summed E-state index contributed by atoms with van der Waals surface area (Å²) in [5, 5.41) is 7.06. The summed E-state index contributed by atoms with van der Waals surface area (Å²) in [6, 6.07) is 0. The molecule has 0 saturated heterocycles. The van der Waals surface area contributed by atoms with Crippen LogP contribution in [0.3, 0.4) is 0 Å². The zero-order valence-corrected chi connectivity index (χ0v) is 11.1. The van der Waals surface area contributed by atoms with Crippen molar-refractivity contribution in [1.82, 2.24) is 10.3 Å². The molecule has 1 aromatic rings. The van der Waals surface area contributed by atoms with Crippen molar-refractivity contribution in [3.63, 3.8) is 0 Å². The summed E-state index contributed by atoms with van der Waals surface area (Å²) in [4.78, 5) is 4.69. The standard InChI is InChI=1S/C13H22N2S/c1-3-10(2)8-14-7-6-13-15-12(9-16-13)11-4-5-11/h9-11,14H,3-8H2,1-2H3. The van der Waals surface area contributed by atoms with Crippen molar-refractivity contribution < 1.29 is 0 Å². The second-order valence-electron chi connectivity index (χ2n) is 4.91. The fourth-order valence-corrected chi connectivity index (χ4v) is 2.57. The molecule has 0 amide bonds. The average Bonchev–Trinajstić information content (AvgIpc) is 3.05. The van der Waals surface area contributed by atoms with Crippen molar-refractivity contribution in [2.45, 2.75) is 45.4 Å². The van der Waals surface area contributed by atoms with Gasteiger partial charge in [0.15, 0.2) is 0 Å². The third-order valence-corrected chi connectivity index (χ3v) is 4.20. The highest BCUT2D eigenvalue weighted by molar-refractivity contribution is 7.09. The minimum absolute atomic E-state index is 0.790. The highest BCUT2D eigenvalue weighted by Gasteiger charge is 2.25. The molecule has 16 heavy (non-hydrogen) atoms. The lowest BCUT2D eigenvalue weighted by Gasteiger charge is -2.08. The maximum absolute atomic E-state index is 4.69. The van der Waals surface area contributed by atoms with Crippen LogP contribution in [0.2, 0.25) is 0 Å². The van der Waals surface area contributed by atoms with Crippen LogP contribution in [0.4, 0.5) is 0 Å². The summed E-state index contributed by atoms with van der Waals surface area (Å²) < 4.78 is 0. The van der Waals surface area contributed by atoms with Gasteiger partial charge in [-0.1, -0.05) is 20.3 Å². The first-order valence-electron chi connectivity index (χ1n) is 6.44. The Bertz CT molecular complexity index is 317. The summed E-state index contributed by atoms with van der Waals surface area (Å²) >= 11 is 1.83. The molecule has 0 spiro atoms. The topological polar surface area (TPSA) is 24.9 Å². The van der Waals surface area contributed by atoms with Gasteiger partial charge in [-0.25, -0.2) is 4.98 Å². The summed E-state index contributed by atoms with van der Waals surface area (Å²) in [7, 11) is 0. The van der Waals surface area contributed by atoms with E-state index in [1.54, 1.807) is 0 Å². The van der Waals surface area contributed by atoms with Crippen LogP contribution in [0.25, 0.3) is 0 Å². The van der Waals surface area contributed by atoms with E-state index >= 15 is 0 Å². The first-order valence-corrected chi connectivity index (χ1v) is 7.32. The third-order valence-electron chi connectivity index (χ3n) is 3.27. The molecule has 0 radical (unpaired) electrons. The molecule has 0 aromatic carbocycles. The van der Waals surface area contributed by atoms with Crippen LogP contribution in [0, 0.1) is 5.92 Å². The SMILES string of the molecule is CCC(C)CNCCc1nc(C2CC2)cs1. The first-order chi connectivity index (χ1) is 7.79. The lowest BCUT2D eigenvalue weighted by atomic mass is 10.1. The van der Waals surface area contributed by atoms with Gasteiger partial charge in [-0.3, -0.25) is 0 Å². The zero-order chi connectivity index (χ0) is 11.4. The van der Waals surface area contributed by atoms with Crippen LogP contribution in [0.15, 0.2) is 5.38 Å². The minimum Gasteiger partial charge on any atom is -0.316 e. The van der Waals surface area contributed by atoms with E-state index < -0.39 is 0 Å². The Labute approximate surface area is 102 Å². The Morgan fingerprint density at radius 3 is 3.06 bits per heavy atom. The number of rotatable bonds is 7. The molecule has 1 aliphatic rings. The molecule has 1 atom stereocenters. The van der Waals surface area contributed by atoms with Gasteiger partial charge in [0, 0.05) is 24.3 Å². The van der Waals surface area contributed by atoms with Gasteiger partial charge in [0.05, 0.1) is 10.7 Å². The monoisotopic (exact) mass is 238 g/mol. The van der Waals surface area contributed by atoms with Gasteiger partial charge in [-0.2, -0.15) is 0 Å². The third kappa shape index (κ3) is 3.56. The highest BCUT2D eigenvalue weighted by Crippen LogP contribution is 2.40. The highest BCUT2D eigenvalue weighted by atomic mass is 32.1. The lowest BCUT2D eigenvalue weighted by Crippen LogP contribution is -2.23. The van der Waals surface area contributed by atoms with Gasteiger partial charge in [-0.15, -0.1) is 11.3 Å². The summed E-state index contributed by atoms with van der Waals surface area (Å²) in [5.41, 5.74) is 1.35. The van der Waals surface area contributed by atoms with Gasteiger partial charge in [0.2, 0.25) is 0 Å². The number of aromatic nitrogens is 1. The maximum atomic E-state index is 4.69. The minimum atomic E-state index is 0.790. The fourth-order valence-electron chi connectivity index (χ4n) is 1.69. The predicted octanol–water partition coefficient (Wildman–Crippen LogP) is 3.20. The second kappa shape index (κ2) is 5.78. The van der Waals surface area contributed by atoms with E-state index in [0.29, 0.717) is 0 Å². The van der Waals surface area contributed by atoms with Crippen LogP contribution in [0.1, 0.15) is 49.7 Å². The van der Waals surface area contributed by atoms with Crippen molar-refractivity contribution in [1.29, 1.82) is 0 Å². The second-order valence-corrected chi connectivity index (χ2v) is 5.85. The van der Waals surface area contributed by atoms with E-state index in [-0.39, 0.29) is 0 Å². The van der Waals surface area contributed by atoms with Gasteiger partial charge >= 0.3 is 0 Å². The first kappa shape index (κ1) is 12.1. The predicted molar refractivity (Wildman–Crippen MR) is 70.1 cm³/mol. The van der Waals surface area contributed by atoms with Crippen molar-refractivity contribution in [3.05, 3.63) is 16.1 Å².